The molecule has 6 heteroatoms. The van der Waals surface area contributed by atoms with Crippen molar-refractivity contribution in [3.63, 3.8) is 0 Å². The molecule has 0 unspecified atom stereocenters. The van der Waals surface area contributed by atoms with Gasteiger partial charge in [-0.2, -0.15) is 0 Å². The second-order valence-electron chi connectivity index (χ2n) is 6.40. The second-order valence-corrected chi connectivity index (χ2v) is 6.40. The molecule has 26 heavy (non-hydrogen) atoms. The van der Waals surface area contributed by atoms with Crippen molar-refractivity contribution in [1.29, 1.82) is 0 Å². The number of para-hydroxylation sites is 1. The van der Waals surface area contributed by atoms with Gasteiger partial charge in [0.2, 0.25) is 0 Å². The molecule has 1 aliphatic heterocycles. The Kier molecular flexibility index (Phi) is 4.84. The molecule has 1 aliphatic rings. The van der Waals surface area contributed by atoms with E-state index in [1.807, 2.05) is 17.0 Å². The van der Waals surface area contributed by atoms with E-state index in [-0.39, 0.29) is 5.91 Å². The largest absolute Gasteiger partial charge is 0.383 e. The fraction of sp³-hybridized carbons (Fsp3) is 0.300. The number of hydrogen-bond acceptors (Lipinski definition) is 4. The van der Waals surface area contributed by atoms with Crippen molar-refractivity contribution in [3.8, 4) is 0 Å². The molecule has 2 N–H and O–H groups in total. The molecule has 1 fully saturated rings. The first-order valence-corrected chi connectivity index (χ1v) is 8.92. The maximum Gasteiger partial charge on any atom is 0.255 e. The smallest absolute Gasteiger partial charge is 0.255 e. The highest BCUT2D eigenvalue weighted by Gasteiger charge is 2.18. The number of benzene rings is 1. The quantitative estimate of drug-likeness (QED) is 0.742. The number of hydrogen-bond donors (Lipinski definition) is 2. The summed E-state index contributed by atoms with van der Waals surface area (Å²) < 4.78 is 5.30. The predicted molar refractivity (Wildman–Crippen MR) is 101 cm³/mol. The number of ether oxygens (including phenoxy) is 1. The Morgan fingerprint density at radius 1 is 1.23 bits per heavy atom. The van der Waals surface area contributed by atoms with Crippen molar-refractivity contribution >= 4 is 22.5 Å². The Bertz CT molecular complexity index is 899. The Morgan fingerprint density at radius 2 is 2.08 bits per heavy atom. The molecule has 6 nitrogen and oxygen atoms in total. The van der Waals surface area contributed by atoms with Crippen molar-refractivity contribution < 1.29 is 9.53 Å². The topological polar surface area (TPSA) is 70.2 Å². The standard InChI is InChI=1S/C20H22N4O2/c25-20(24-7-9-26-10-8-24)16-11-17(14-21-12-16)22-6-5-15-13-23-19-4-2-1-3-18(15)19/h1-4,11-14,22-23H,5-10H2. The molecule has 1 aromatic carbocycles. The number of morpholine rings is 1. The first-order chi connectivity index (χ1) is 12.8. The van der Waals surface area contributed by atoms with Crippen LogP contribution in [-0.2, 0) is 11.2 Å². The van der Waals surface area contributed by atoms with E-state index in [0.717, 1.165) is 24.2 Å². The third kappa shape index (κ3) is 3.55. The fourth-order valence-corrected chi connectivity index (χ4v) is 3.28. The zero-order valence-corrected chi connectivity index (χ0v) is 14.6. The molecule has 4 rings (SSSR count). The van der Waals surface area contributed by atoms with E-state index in [0.29, 0.717) is 31.9 Å². The van der Waals surface area contributed by atoms with Crippen LogP contribution in [0.1, 0.15) is 15.9 Å². The number of nitrogens with zero attached hydrogens (tertiary/aromatic N) is 2. The summed E-state index contributed by atoms with van der Waals surface area (Å²) in [6, 6.07) is 10.2. The Morgan fingerprint density at radius 3 is 2.96 bits per heavy atom. The lowest BCUT2D eigenvalue weighted by atomic mass is 10.1. The van der Waals surface area contributed by atoms with E-state index in [1.165, 1.54) is 10.9 Å². The van der Waals surface area contributed by atoms with Crippen LogP contribution in [0.3, 0.4) is 0 Å². The van der Waals surface area contributed by atoms with E-state index < -0.39 is 0 Å². The van der Waals surface area contributed by atoms with Gasteiger partial charge in [0.15, 0.2) is 0 Å². The minimum Gasteiger partial charge on any atom is -0.383 e. The SMILES string of the molecule is O=C(c1cncc(NCCc2c[nH]c3ccccc23)c1)N1CCOCC1. The van der Waals surface area contributed by atoms with Gasteiger partial charge in [-0.3, -0.25) is 9.78 Å². The average molecular weight is 350 g/mol. The van der Waals surface area contributed by atoms with Crippen LogP contribution in [-0.4, -0.2) is 53.6 Å². The maximum atomic E-state index is 12.6. The minimum absolute atomic E-state index is 0.0149. The lowest BCUT2D eigenvalue weighted by Crippen LogP contribution is -2.40. The van der Waals surface area contributed by atoms with Crippen molar-refractivity contribution in [2.45, 2.75) is 6.42 Å². The number of carbonyl (C=O) groups excluding carboxylic acids is 1. The molecular weight excluding hydrogens is 328 g/mol. The van der Waals surface area contributed by atoms with Crippen molar-refractivity contribution in [2.24, 2.45) is 0 Å². The number of amides is 1. The molecule has 1 amide bonds. The number of pyridine rings is 1. The van der Waals surface area contributed by atoms with Crippen LogP contribution in [0.2, 0.25) is 0 Å². The van der Waals surface area contributed by atoms with Crippen LogP contribution in [0, 0.1) is 0 Å². The molecule has 134 valence electrons. The van der Waals surface area contributed by atoms with E-state index >= 15 is 0 Å². The van der Waals surface area contributed by atoms with Crippen molar-refractivity contribution in [1.82, 2.24) is 14.9 Å². The Hall–Kier alpha value is -2.86. The average Bonchev–Trinajstić information content (AvgIpc) is 3.12. The molecule has 2 aromatic heterocycles. The van der Waals surface area contributed by atoms with E-state index in [2.05, 4.69) is 39.7 Å². The van der Waals surface area contributed by atoms with Gasteiger partial charge < -0.3 is 19.9 Å². The van der Waals surface area contributed by atoms with E-state index in [1.54, 1.807) is 12.4 Å². The Labute approximate surface area is 152 Å². The van der Waals surface area contributed by atoms with Gasteiger partial charge in [0.25, 0.3) is 5.91 Å². The summed E-state index contributed by atoms with van der Waals surface area (Å²) in [5.74, 6) is 0.0149. The van der Waals surface area contributed by atoms with Gasteiger partial charge in [0, 0.05) is 49.1 Å². The zero-order valence-electron chi connectivity index (χ0n) is 14.6. The lowest BCUT2D eigenvalue weighted by molar-refractivity contribution is 0.0302. The molecule has 0 atom stereocenters. The number of aromatic nitrogens is 2. The van der Waals surface area contributed by atoms with Gasteiger partial charge in [0.1, 0.15) is 0 Å². The third-order valence-corrected chi connectivity index (χ3v) is 4.68. The summed E-state index contributed by atoms with van der Waals surface area (Å²) in [5.41, 5.74) is 3.91. The van der Waals surface area contributed by atoms with Gasteiger partial charge in [-0.25, -0.2) is 0 Å². The number of rotatable bonds is 5. The number of nitrogens with one attached hydrogen (secondary N) is 2. The van der Waals surface area contributed by atoms with Crippen LogP contribution in [0.5, 0.6) is 0 Å². The number of anilines is 1. The van der Waals surface area contributed by atoms with E-state index in [4.69, 9.17) is 4.74 Å². The normalized spacial score (nSPS) is 14.5. The highest BCUT2D eigenvalue weighted by molar-refractivity contribution is 5.94. The Balaban J connectivity index is 1.38. The summed E-state index contributed by atoms with van der Waals surface area (Å²) in [7, 11) is 0. The third-order valence-electron chi connectivity index (χ3n) is 4.68. The van der Waals surface area contributed by atoms with Gasteiger partial charge in [-0.05, 0) is 24.1 Å². The first-order valence-electron chi connectivity index (χ1n) is 8.92. The highest BCUT2D eigenvalue weighted by atomic mass is 16.5. The van der Waals surface area contributed by atoms with Crippen molar-refractivity contribution in [3.05, 3.63) is 60.0 Å². The van der Waals surface area contributed by atoms with Crippen LogP contribution < -0.4 is 5.32 Å². The molecule has 1 saturated heterocycles. The lowest BCUT2D eigenvalue weighted by Gasteiger charge is -2.26. The van der Waals surface area contributed by atoms with Gasteiger partial charge in [0.05, 0.1) is 24.5 Å². The number of aromatic amines is 1. The van der Waals surface area contributed by atoms with Crippen LogP contribution in [0.15, 0.2) is 48.9 Å². The van der Waals surface area contributed by atoms with E-state index in [9.17, 15) is 4.79 Å². The second kappa shape index (κ2) is 7.58. The summed E-state index contributed by atoms with van der Waals surface area (Å²) >= 11 is 0. The molecule has 0 bridgehead atoms. The first kappa shape index (κ1) is 16.6. The van der Waals surface area contributed by atoms with Crippen LogP contribution in [0.4, 0.5) is 5.69 Å². The van der Waals surface area contributed by atoms with Crippen LogP contribution in [0.25, 0.3) is 10.9 Å². The summed E-state index contributed by atoms with van der Waals surface area (Å²) in [6.45, 7) is 3.25. The number of fused-ring (bicyclic) bond motifs is 1. The molecular formula is C20H22N4O2. The summed E-state index contributed by atoms with van der Waals surface area (Å²) in [4.78, 5) is 21.9. The zero-order chi connectivity index (χ0) is 17.8. The molecule has 0 spiro atoms. The highest BCUT2D eigenvalue weighted by Crippen LogP contribution is 2.18. The summed E-state index contributed by atoms with van der Waals surface area (Å²) in [5, 5.41) is 4.63. The van der Waals surface area contributed by atoms with Crippen molar-refractivity contribution in [2.75, 3.05) is 38.2 Å². The molecule has 0 aliphatic carbocycles. The van der Waals surface area contributed by atoms with Gasteiger partial charge in [-0.1, -0.05) is 18.2 Å². The van der Waals surface area contributed by atoms with Gasteiger partial charge >= 0.3 is 0 Å². The molecule has 0 saturated carbocycles. The monoisotopic (exact) mass is 350 g/mol. The summed E-state index contributed by atoms with van der Waals surface area (Å²) in [6.07, 6.45) is 6.34. The molecule has 3 aromatic rings. The van der Waals surface area contributed by atoms with Gasteiger partial charge in [-0.15, -0.1) is 0 Å². The minimum atomic E-state index is 0.0149. The fourth-order valence-electron chi connectivity index (χ4n) is 3.28. The molecule has 3 heterocycles. The number of H-pyrrole nitrogens is 1. The predicted octanol–water partition coefficient (Wildman–Crippen LogP) is 2.69. The number of carbonyl (C=O) groups is 1. The molecule has 0 radical (unpaired) electrons. The maximum absolute atomic E-state index is 12.6. The van der Waals surface area contributed by atoms with Crippen LogP contribution >= 0.6 is 0 Å².